The standard InChI is InChI=1S/C16H28N4O4S.HI/c1-5-17-16(18-10-7-11-19-25(4,21)22)20-13-8-9-14(24-6-2)15(12-13)23-3;/h8-9,12,19H,5-7,10-11H2,1-4H3,(H2,17,18,20);1H. The van der Waals surface area contributed by atoms with E-state index >= 15 is 0 Å². The topological polar surface area (TPSA) is 101 Å². The Morgan fingerprint density at radius 3 is 2.54 bits per heavy atom. The maximum absolute atomic E-state index is 11.0. The molecule has 0 aliphatic rings. The molecule has 0 heterocycles. The van der Waals surface area contributed by atoms with Crippen LogP contribution in [0.3, 0.4) is 0 Å². The van der Waals surface area contributed by atoms with Gasteiger partial charge in [0.05, 0.1) is 20.0 Å². The summed E-state index contributed by atoms with van der Waals surface area (Å²) in [7, 11) is -1.56. The van der Waals surface area contributed by atoms with Crippen LogP contribution < -0.4 is 24.8 Å². The van der Waals surface area contributed by atoms with E-state index in [4.69, 9.17) is 9.47 Å². The van der Waals surface area contributed by atoms with E-state index < -0.39 is 10.0 Å². The number of nitrogens with zero attached hydrogens (tertiary/aromatic N) is 1. The monoisotopic (exact) mass is 500 g/mol. The third kappa shape index (κ3) is 10.0. The zero-order valence-corrected chi connectivity index (χ0v) is 18.8. The van der Waals surface area contributed by atoms with E-state index in [1.165, 1.54) is 0 Å². The molecule has 0 unspecified atom stereocenters. The zero-order valence-electron chi connectivity index (χ0n) is 15.7. The van der Waals surface area contributed by atoms with Crippen LogP contribution in [0.4, 0.5) is 5.69 Å². The number of nitrogens with one attached hydrogen (secondary N) is 3. The Balaban J connectivity index is 0.00000625. The van der Waals surface area contributed by atoms with Crippen LogP contribution in [0.5, 0.6) is 11.5 Å². The molecule has 0 saturated heterocycles. The molecule has 0 fully saturated rings. The second-order valence-corrected chi connectivity index (χ2v) is 7.04. The minimum absolute atomic E-state index is 0. The average molecular weight is 500 g/mol. The van der Waals surface area contributed by atoms with Crippen molar-refractivity contribution in [3.63, 3.8) is 0 Å². The second kappa shape index (κ2) is 13.0. The third-order valence-electron chi connectivity index (χ3n) is 3.04. The Morgan fingerprint density at radius 2 is 1.96 bits per heavy atom. The third-order valence-corrected chi connectivity index (χ3v) is 3.77. The predicted molar refractivity (Wildman–Crippen MR) is 117 cm³/mol. The molecule has 1 rings (SSSR count). The number of sulfonamides is 1. The van der Waals surface area contributed by atoms with Crippen LogP contribution in [-0.4, -0.2) is 54.0 Å². The van der Waals surface area contributed by atoms with Crippen molar-refractivity contribution in [1.82, 2.24) is 10.0 Å². The van der Waals surface area contributed by atoms with E-state index in [1.54, 1.807) is 7.11 Å². The molecule has 150 valence electrons. The summed E-state index contributed by atoms with van der Waals surface area (Å²) in [5.74, 6) is 1.94. The lowest BCUT2D eigenvalue weighted by atomic mass is 10.2. The van der Waals surface area contributed by atoms with E-state index in [-0.39, 0.29) is 24.0 Å². The first-order valence-electron chi connectivity index (χ1n) is 8.20. The first-order chi connectivity index (χ1) is 11.9. The number of hydrogen-bond donors (Lipinski definition) is 3. The van der Waals surface area contributed by atoms with Gasteiger partial charge in [-0.25, -0.2) is 13.1 Å². The van der Waals surface area contributed by atoms with Crippen LogP contribution in [0.25, 0.3) is 0 Å². The lowest BCUT2D eigenvalue weighted by Gasteiger charge is -2.14. The molecule has 0 aliphatic carbocycles. The molecule has 1 aromatic rings. The smallest absolute Gasteiger partial charge is 0.208 e. The summed E-state index contributed by atoms with van der Waals surface area (Å²) in [5, 5.41) is 6.34. The van der Waals surface area contributed by atoms with Gasteiger partial charge in [0.1, 0.15) is 0 Å². The van der Waals surface area contributed by atoms with E-state index in [9.17, 15) is 8.42 Å². The number of benzene rings is 1. The predicted octanol–water partition coefficient (Wildman–Crippen LogP) is 2.03. The number of halogens is 1. The summed E-state index contributed by atoms with van der Waals surface area (Å²) < 4.78 is 35.3. The molecule has 0 amide bonds. The van der Waals surface area contributed by atoms with Gasteiger partial charge in [0.25, 0.3) is 0 Å². The minimum atomic E-state index is -3.16. The summed E-state index contributed by atoms with van der Waals surface area (Å²) >= 11 is 0. The first-order valence-corrected chi connectivity index (χ1v) is 10.1. The van der Waals surface area contributed by atoms with Crippen LogP contribution >= 0.6 is 24.0 Å². The van der Waals surface area contributed by atoms with Gasteiger partial charge in [-0.15, -0.1) is 24.0 Å². The van der Waals surface area contributed by atoms with Crippen LogP contribution in [0, 0.1) is 0 Å². The van der Waals surface area contributed by atoms with E-state index in [0.717, 1.165) is 11.9 Å². The summed E-state index contributed by atoms with van der Waals surface area (Å²) in [6, 6.07) is 5.55. The maximum atomic E-state index is 11.0. The average Bonchev–Trinajstić information content (AvgIpc) is 2.55. The van der Waals surface area contributed by atoms with Crippen LogP contribution in [0.15, 0.2) is 23.2 Å². The first kappa shape index (κ1) is 24.7. The largest absolute Gasteiger partial charge is 0.493 e. The SMILES string of the molecule is CCNC(=NCCCNS(C)(=O)=O)Nc1ccc(OCC)c(OC)c1.I. The molecule has 3 N–H and O–H groups in total. The van der Waals surface area contributed by atoms with Crippen molar-refractivity contribution in [2.24, 2.45) is 4.99 Å². The van der Waals surface area contributed by atoms with Crippen molar-refractivity contribution in [3.05, 3.63) is 18.2 Å². The fraction of sp³-hybridized carbons (Fsp3) is 0.562. The Labute approximate surface area is 173 Å². The highest BCUT2D eigenvalue weighted by Gasteiger charge is 2.07. The number of ether oxygens (including phenoxy) is 2. The van der Waals surface area contributed by atoms with Crippen molar-refractivity contribution >= 4 is 45.6 Å². The molecule has 26 heavy (non-hydrogen) atoms. The van der Waals surface area contributed by atoms with Gasteiger partial charge in [0, 0.05) is 31.4 Å². The summed E-state index contributed by atoms with van der Waals surface area (Å²) in [5.41, 5.74) is 0.814. The van der Waals surface area contributed by atoms with Gasteiger partial charge in [0.2, 0.25) is 10.0 Å². The normalized spacial score (nSPS) is 11.5. The number of guanidine groups is 1. The quantitative estimate of drug-likeness (QED) is 0.197. The number of methoxy groups -OCH3 is 1. The molecule has 0 aliphatic heterocycles. The van der Waals surface area contributed by atoms with Crippen LogP contribution in [-0.2, 0) is 10.0 Å². The van der Waals surface area contributed by atoms with Crippen LogP contribution in [0.1, 0.15) is 20.3 Å². The molecular formula is C16H29IN4O4S. The number of anilines is 1. The lowest BCUT2D eigenvalue weighted by Crippen LogP contribution is -2.31. The fourth-order valence-electron chi connectivity index (χ4n) is 1.99. The van der Waals surface area contributed by atoms with E-state index in [1.807, 2.05) is 32.0 Å². The second-order valence-electron chi connectivity index (χ2n) is 5.20. The highest BCUT2D eigenvalue weighted by Crippen LogP contribution is 2.30. The zero-order chi connectivity index (χ0) is 18.7. The molecule has 10 heteroatoms. The Morgan fingerprint density at radius 1 is 1.23 bits per heavy atom. The fourth-order valence-corrected chi connectivity index (χ4v) is 2.51. The van der Waals surface area contributed by atoms with Crippen molar-refractivity contribution in [1.29, 1.82) is 0 Å². The van der Waals surface area contributed by atoms with Gasteiger partial charge in [-0.2, -0.15) is 0 Å². The molecule has 8 nitrogen and oxygen atoms in total. The Hall–Kier alpha value is -1.27. The van der Waals surface area contributed by atoms with Crippen molar-refractivity contribution in [2.45, 2.75) is 20.3 Å². The molecule has 0 atom stereocenters. The molecule has 0 spiro atoms. The lowest BCUT2D eigenvalue weighted by molar-refractivity contribution is 0.311. The molecule has 0 saturated carbocycles. The Kier molecular flexibility index (Phi) is 12.3. The van der Waals surface area contributed by atoms with Gasteiger partial charge in [-0.1, -0.05) is 0 Å². The minimum Gasteiger partial charge on any atom is -0.493 e. The highest BCUT2D eigenvalue weighted by molar-refractivity contribution is 14.0. The van der Waals surface area contributed by atoms with Gasteiger partial charge >= 0.3 is 0 Å². The number of aliphatic imine (C=N–C) groups is 1. The molecule has 0 bridgehead atoms. The van der Waals surface area contributed by atoms with Gasteiger partial charge in [0.15, 0.2) is 17.5 Å². The van der Waals surface area contributed by atoms with Gasteiger partial charge in [-0.3, -0.25) is 4.99 Å². The van der Waals surface area contributed by atoms with E-state index in [2.05, 4.69) is 20.3 Å². The summed E-state index contributed by atoms with van der Waals surface area (Å²) in [6.45, 7) is 6.02. The summed E-state index contributed by atoms with van der Waals surface area (Å²) in [6.07, 6.45) is 1.75. The molecule has 0 radical (unpaired) electrons. The van der Waals surface area contributed by atoms with Crippen molar-refractivity contribution in [2.75, 3.05) is 44.9 Å². The molecular weight excluding hydrogens is 471 g/mol. The molecule has 0 aromatic heterocycles. The number of hydrogen-bond acceptors (Lipinski definition) is 5. The van der Waals surface area contributed by atoms with Gasteiger partial charge < -0.3 is 20.1 Å². The van der Waals surface area contributed by atoms with Crippen molar-refractivity contribution in [3.8, 4) is 11.5 Å². The maximum Gasteiger partial charge on any atom is 0.208 e. The number of rotatable bonds is 10. The molecule has 1 aromatic carbocycles. The summed E-state index contributed by atoms with van der Waals surface area (Å²) in [4.78, 5) is 4.43. The van der Waals surface area contributed by atoms with Crippen LogP contribution in [0.2, 0.25) is 0 Å². The Bertz CT molecular complexity index is 668. The van der Waals surface area contributed by atoms with Crippen molar-refractivity contribution < 1.29 is 17.9 Å². The van der Waals surface area contributed by atoms with E-state index in [0.29, 0.717) is 50.1 Å². The highest BCUT2D eigenvalue weighted by atomic mass is 127. The van der Waals surface area contributed by atoms with Gasteiger partial charge in [-0.05, 0) is 32.4 Å².